The van der Waals surface area contributed by atoms with Gasteiger partial charge < -0.3 is 10.3 Å². The minimum absolute atomic E-state index is 0.369. The van der Waals surface area contributed by atoms with Crippen LogP contribution in [-0.2, 0) is 12.6 Å². The van der Waals surface area contributed by atoms with Crippen molar-refractivity contribution in [1.82, 2.24) is 19.9 Å². The molecule has 1 aliphatic carbocycles. The van der Waals surface area contributed by atoms with Crippen LogP contribution in [-0.4, -0.2) is 19.9 Å². The molecule has 6 nitrogen and oxygen atoms in total. The molecule has 0 saturated heterocycles. The van der Waals surface area contributed by atoms with E-state index in [-0.39, 0.29) is 0 Å². The third-order valence-electron chi connectivity index (χ3n) is 4.08. The zero-order valence-electron chi connectivity index (χ0n) is 12.3. The summed E-state index contributed by atoms with van der Waals surface area (Å²) in [6.07, 6.45) is 4.11. The monoisotopic (exact) mass is 275 g/mol. The molecule has 3 rings (SSSR count). The Bertz CT molecular complexity index is 607. The van der Waals surface area contributed by atoms with E-state index in [4.69, 9.17) is 10.3 Å². The first-order chi connectivity index (χ1) is 9.49. The summed E-state index contributed by atoms with van der Waals surface area (Å²) in [7, 11) is 1.89. The standard InChI is InChI=1S/C14H21N5O/c1-9(2)10-8-11(19(3)17-10)12-16-13(18-20-12)14(15)6-4-5-7-14/h8-9H,4-7,15H2,1-3H3. The summed E-state index contributed by atoms with van der Waals surface area (Å²) in [6, 6.07) is 2.00. The van der Waals surface area contributed by atoms with Gasteiger partial charge in [0.15, 0.2) is 5.82 Å². The van der Waals surface area contributed by atoms with E-state index in [1.807, 2.05) is 13.1 Å². The lowest BCUT2D eigenvalue weighted by Gasteiger charge is -2.17. The Morgan fingerprint density at radius 3 is 2.65 bits per heavy atom. The van der Waals surface area contributed by atoms with Crippen molar-refractivity contribution in [2.45, 2.75) is 51.0 Å². The second kappa shape index (κ2) is 4.70. The molecule has 2 heterocycles. The van der Waals surface area contributed by atoms with Crippen LogP contribution in [0.25, 0.3) is 11.6 Å². The molecular weight excluding hydrogens is 254 g/mol. The summed E-state index contributed by atoms with van der Waals surface area (Å²) >= 11 is 0. The number of aryl methyl sites for hydroxylation is 1. The molecule has 0 bridgehead atoms. The van der Waals surface area contributed by atoms with Crippen molar-refractivity contribution in [2.24, 2.45) is 12.8 Å². The lowest BCUT2D eigenvalue weighted by atomic mass is 9.99. The van der Waals surface area contributed by atoms with Crippen molar-refractivity contribution in [1.29, 1.82) is 0 Å². The molecule has 0 aromatic carbocycles. The van der Waals surface area contributed by atoms with Gasteiger partial charge in [-0.25, -0.2) is 0 Å². The fourth-order valence-electron chi connectivity index (χ4n) is 2.73. The van der Waals surface area contributed by atoms with Crippen LogP contribution < -0.4 is 5.73 Å². The number of nitrogens with zero attached hydrogens (tertiary/aromatic N) is 4. The maximum Gasteiger partial charge on any atom is 0.276 e. The maximum absolute atomic E-state index is 6.36. The quantitative estimate of drug-likeness (QED) is 0.929. The van der Waals surface area contributed by atoms with Crippen LogP contribution in [0.1, 0.15) is 57.0 Å². The van der Waals surface area contributed by atoms with Gasteiger partial charge in [0, 0.05) is 7.05 Å². The fraction of sp³-hybridized carbons (Fsp3) is 0.643. The molecule has 0 radical (unpaired) electrons. The van der Waals surface area contributed by atoms with Gasteiger partial charge in [-0.1, -0.05) is 31.8 Å². The SMILES string of the molecule is CC(C)c1cc(-c2nc(C3(N)CCCC3)no2)n(C)n1. The van der Waals surface area contributed by atoms with Gasteiger partial charge in [0.2, 0.25) is 0 Å². The predicted molar refractivity (Wildman–Crippen MR) is 74.9 cm³/mol. The number of nitrogens with two attached hydrogens (primary N) is 1. The number of hydrogen-bond donors (Lipinski definition) is 1. The molecule has 1 aliphatic rings. The highest BCUT2D eigenvalue weighted by Crippen LogP contribution is 2.35. The van der Waals surface area contributed by atoms with Gasteiger partial charge in [-0.05, 0) is 24.8 Å². The molecule has 0 unspecified atom stereocenters. The molecule has 0 spiro atoms. The number of aromatic nitrogens is 4. The number of hydrogen-bond acceptors (Lipinski definition) is 5. The zero-order valence-corrected chi connectivity index (χ0v) is 12.3. The second-order valence-electron chi connectivity index (χ2n) is 6.02. The Balaban J connectivity index is 1.94. The molecule has 108 valence electrons. The van der Waals surface area contributed by atoms with Crippen LogP contribution >= 0.6 is 0 Å². The topological polar surface area (TPSA) is 82.8 Å². The first-order valence-electron chi connectivity index (χ1n) is 7.17. The molecule has 2 N–H and O–H groups in total. The minimum Gasteiger partial charge on any atom is -0.332 e. The van der Waals surface area contributed by atoms with Crippen LogP contribution in [0.3, 0.4) is 0 Å². The van der Waals surface area contributed by atoms with Crippen molar-refractivity contribution >= 4 is 0 Å². The molecule has 2 aromatic heterocycles. The van der Waals surface area contributed by atoms with E-state index in [0.717, 1.165) is 37.1 Å². The summed E-state index contributed by atoms with van der Waals surface area (Å²) in [5, 5.41) is 8.56. The predicted octanol–water partition coefficient (Wildman–Crippen LogP) is 2.32. The number of rotatable bonds is 3. The molecule has 1 fully saturated rings. The van der Waals surface area contributed by atoms with Crippen LogP contribution in [0.15, 0.2) is 10.6 Å². The Hall–Kier alpha value is -1.69. The molecule has 2 aromatic rings. The van der Waals surface area contributed by atoms with Crippen LogP contribution in [0, 0.1) is 0 Å². The van der Waals surface area contributed by atoms with Gasteiger partial charge in [0.05, 0.1) is 11.2 Å². The minimum atomic E-state index is -0.415. The van der Waals surface area contributed by atoms with Gasteiger partial charge in [0.1, 0.15) is 5.69 Å². The lowest BCUT2D eigenvalue weighted by molar-refractivity contribution is 0.371. The van der Waals surface area contributed by atoms with Crippen molar-refractivity contribution in [3.63, 3.8) is 0 Å². The maximum atomic E-state index is 6.36. The van der Waals surface area contributed by atoms with E-state index in [9.17, 15) is 0 Å². The summed E-state index contributed by atoms with van der Waals surface area (Å²) in [5.41, 5.74) is 7.80. The Labute approximate surface area is 118 Å². The van der Waals surface area contributed by atoms with E-state index in [1.165, 1.54) is 0 Å². The smallest absolute Gasteiger partial charge is 0.276 e. The van der Waals surface area contributed by atoms with Crippen LogP contribution in [0.5, 0.6) is 0 Å². The largest absolute Gasteiger partial charge is 0.332 e. The van der Waals surface area contributed by atoms with E-state index >= 15 is 0 Å². The van der Waals surface area contributed by atoms with Gasteiger partial charge in [-0.2, -0.15) is 10.1 Å². The van der Waals surface area contributed by atoms with Gasteiger partial charge >= 0.3 is 0 Å². The Morgan fingerprint density at radius 2 is 2.05 bits per heavy atom. The van der Waals surface area contributed by atoms with Crippen molar-refractivity contribution in [3.05, 3.63) is 17.6 Å². The lowest BCUT2D eigenvalue weighted by Crippen LogP contribution is -2.34. The molecule has 0 aliphatic heterocycles. The molecular formula is C14H21N5O. The van der Waals surface area contributed by atoms with Gasteiger partial charge in [0.25, 0.3) is 5.89 Å². The van der Waals surface area contributed by atoms with E-state index in [2.05, 4.69) is 29.1 Å². The fourth-order valence-corrected chi connectivity index (χ4v) is 2.73. The van der Waals surface area contributed by atoms with Gasteiger partial charge in [-0.3, -0.25) is 4.68 Å². The average molecular weight is 275 g/mol. The third-order valence-corrected chi connectivity index (χ3v) is 4.08. The van der Waals surface area contributed by atoms with E-state index < -0.39 is 5.54 Å². The second-order valence-corrected chi connectivity index (χ2v) is 6.02. The highest BCUT2D eigenvalue weighted by molar-refractivity contribution is 5.48. The van der Waals surface area contributed by atoms with E-state index in [1.54, 1.807) is 4.68 Å². The zero-order chi connectivity index (χ0) is 14.3. The summed E-state index contributed by atoms with van der Waals surface area (Å²) in [4.78, 5) is 4.50. The van der Waals surface area contributed by atoms with E-state index in [0.29, 0.717) is 17.6 Å². The Kier molecular flexibility index (Phi) is 3.12. The summed E-state index contributed by atoms with van der Waals surface area (Å²) in [5.74, 6) is 1.49. The van der Waals surface area contributed by atoms with Crippen LogP contribution in [0.4, 0.5) is 0 Å². The summed E-state index contributed by atoms with van der Waals surface area (Å²) in [6.45, 7) is 4.22. The highest BCUT2D eigenvalue weighted by Gasteiger charge is 2.36. The normalized spacial score (nSPS) is 18.1. The van der Waals surface area contributed by atoms with Crippen molar-refractivity contribution < 1.29 is 4.52 Å². The van der Waals surface area contributed by atoms with Crippen molar-refractivity contribution in [3.8, 4) is 11.6 Å². The molecule has 0 amide bonds. The average Bonchev–Trinajstić information content (AvgIpc) is 3.07. The first kappa shape index (κ1) is 13.3. The highest BCUT2D eigenvalue weighted by atomic mass is 16.5. The molecule has 1 saturated carbocycles. The van der Waals surface area contributed by atoms with Crippen LogP contribution in [0.2, 0.25) is 0 Å². The third kappa shape index (κ3) is 2.14. The first-order valence-corrected chi connectivity index (χ1v) is 7.17. The van der Waals surface area contributed by atoms with Crippen molar-refractivity contribution in [2.75, 3.05) is 0 Å². The molecule has 20 heavy (non-hydrogen) atoms. The molecule has 6 heteroatoms. The molecule has 0 atom stereocenters. The Morgan fingerprint density at radius 1 is 1.35 bits per heavy atom. The summed E-state index contributed by atoms with van der Waals surface area (Å²) < 4.78 is 7.18. The van der Waals surface area contributed by atoms with Gasteiger partial charge in [-0.15, -0.1) is 0 Å².